The van der Waals surface area contributed by atoms with E-state index in [0.29, 0.717) is 12.5 Å². The van der Waals surface area contributed by atoms with E-state index in [4.69, 9.17) is 20.3 Å². The van der Waals surface area contributed by atoms with E-state index in [1.165, 1.54) is 0 Å². The highest BCUT2D eigenvalue weighted by Gasteiger charge is 2.74. The number of carbonyl (C=O) groups excluding carboxylic acids is 1. The Kier molecular flexibility index (Phi) is 5.81. The zero-order valence-electron chi connectivity index (χ0n) is 12.8. The average Bonchev–Trinajstić information content (AvgIpc) is 3.02. The summed E-state index contributed by atoms with van der Waals surface area (Å²) in [5.74, 6) is -3.31. The van der Waals surface area contributed by atoms with Crippen molar-refractivity contribution in [2.75, 3.05) is 6.61 Å². The Morgan fingerprint density at radius 2 is 2.00 bits per heavy atom. The van der Waals surface area contributed by atoms with Gasteiger partial charge in [0, 0.05) is 5.92 Å². The van der Waals surface area contributed by atoms with E-state index >= 15 is 0 Å². The van der Waals surface area contributed by atoms with E-state index in [1.807, 2.05) is 13.8 Å². The molecule has 0 saturated heterocycles. The zero-order valence-corrected chi connectivity index (χ0v) is 13.6. The first-order valence-electron chi connectivity index (χ1n) is 7.18. The number of hydrogen-bond donors (Lipinski definition) is 2. The first-order chi connectivity index (χ1) is 9.69. The molecule has 0 aromatic carbocycles. The Morgan fingerprint density at radius 3 is 2.50 bits per heavy atom. The molecule has 0 radical (unpaired) electrons. The van der Waals surface area contributed by atoms with Gasteiger partial charge in [0.25, 0.3) is 0 Å². The van der Waals surface area contributed by atoms with Crippen molar-refractivity contribution in [2.45, 2.75) is 45.2 Å². The van der Waals surface area contributed by atoms with Gasteiger partial charge >= 0.3 is 11.9 Å². The lowest BCUT2D eigenvalue weighted by atomic mass is 9.90. The summed E-state index contributed by atoms with van der Waals surface area (Å²) in [5, 5.41) is 9.12. The Balaban J connectivity index is 0.00000242. The summed E-state index contributed by atoms with van der Waals surface area (Å²) in [6.45, 7) is 5.99. The highest BCUT2D eigenvalue weighted by atomic mass is 35.5. The van der Waals surface area contributed by atoms with Crippen molar-refractivity contribution in [1.82, 2.24) is 0 Å². The molecule has 6 nitrogen and oxygen atoms in total. The third kappa shape index (κ3) is 3.21. The van der Waals surface area contributed by atoms with Gasteiger partial charge in [0.2, 0.25) is 0 Å². The lowest BCUT2D eigenvalue weighted by Gasteiger charge is -2.25. The molecule has 0 aliphatic heterocycles. The third-order valence-corrected chi connectivity index (χ3v) is 4.31. The molecule has 2 saturated carbocycles. The number of ether oxygens (including phenoxy) is 2. The van der Waals surface area contributed by atoms with Crippen LogP contribution in [0, 0.1) is 23.7 Å². The fourth-order valence-electron chi connectivity index (χ4n) is 3.16. The van der Waals surface area contributed by atoms with Crippen molar-refractivity contribution in [2.24, 2.45) is 29.4 Å². The number of carboxylic acids is 1. The lowest BCUT2D eigenvalue weighted by molar-refractivity contribution is -0.179. The first kappa shape index (κ1) is 19.1. The minimum atomic E-state index is -1.98. The summed E-state index contributed by atoms with van der Waals surface area (Å²) in [4.78, 5) is 23.2. The highest BCUT2D eigenvalue weighted by Crippen LogP contribution is 2.62. The number of carbonyl (C=O) groups is 2. The number of carboxylic acid groups (broad SMARTS) is 1. The van der Waals surface area contributed by atoms with E-state index in [2.05, 4.69) is 0 Å². The Labute approximate surface area is 134 Å². The molecule has 2 unspecified atom stereocenters. The van der Waals surface area contributed by atoms with Crippen LogP contribution in [0.2, 0.25) is 0 Å². The quantitative estimate of drug-likeness (QED) is 0.560. The first-order valence-corrected chi connectivity index (χ1v) is 7.18. The molecular formula is C14H23ClFNO5. The molecule has 22 heavy (non-hydrogen) atoms. The number of aliphatic carboxylic acids is 1. The molecule has 2 aliphatic carbocycles. The van der Waals surface area contributed by atoms with E-state index in [-0.39, 0.29) is 24.7 Å². The van der Waals surface area contributed by atoms with Gasteiger partial charge in [-0.25, -0.2) is 4.39 Å². The monoisotopic (exact) mass is 339 g/mol. The van der Waals surface area contributed by atoms with Gasteiger partial charge in [-0.15, -0.1) is 12.4 Å². The maximum absolute atomic E-state index is 13.7. The van der Waals surface area contributed by atoms with Crippen LogP contribution < -0.4 is 5.73 Å². The topological polar surface area (TPSA) is 98.9 Å². The average molecular weight is 340 g/mol. The van der Waals surface area contributed by atoms with Crippen LogP contribution in [0.5, 0.6) is 0 Å². The molecule has 8 heteroatoms. The summed E-state index contributed by atoms with van der Waals surface area (Å²) in [6, 6.07) is 0. The van der Waals surface area contributed by atoms with E-state index in [0.717, 1.165) is 0 Å². The van der Waals surface area contributed by atoms with Gasteiger partial charge in [0.05, 0.1) is 12.5 Å². The summed E-state index contributed by atoms with van der Waals surface area (Å²) in [7, 11) is 0. The number of hydrogen-bond acceptors (Lipinski definition) is 5. The molecule has 0 spiro atoms. The number of alkyl halides is 1. The molecule has 2 aliphatic rings. The number of nitrogens with two attached hydrogens (primary N) is 1. The molecule has 2 rings (SSSR count). The molecule has 0 aromatic heterocycles. The largest absolute Gasteiger partial charge is 0.480 e. The Morgan fingerprint density at radius 1 is 1.41 bits per heavy atom. The summed E-state index contributed by atoms with van der Waals surface area (Å²) >= 11 is 0. The van der Waals surface area contributed by atoms with Crippen LogP contribution in [0.15, 0.2) is 0 Å². The van der Waals surface area contributed by atoms with E-state index < -0.39 is 41.8 Å². The van der Waals surface area contributed by atoms with Gasteiger partial charge in [0.1, 0.15) is 11.7 Å². The van der Waals surface area contributed by atoms with Gasteiger partial charge in [-0.1, -0.05) is 13.8 Å². The number of esters is 1. The van der Waals surface area contributed by atoms with Gasteiger partial charge in [-0.05, 0) is 25.2 Å². The van der Waals surface area contributed by atoms with E-state index in [9.17, 15) is 14.0 Å². The molecule has 128 valence electrons. The minimum absolute atomic E-state index is 0. The van der Waals surface area contributed by atoms with E-state index in [1.54, 1.807) is 6.92 Å². The smallest absolute Gasteiger partial charge is 0.327 e. The van der Waals surface area contributed by atoms with Crippen molar-refractivity contribution >= 4 is 24.3 Å². The second kappa shape index (κ2) is 6.68. The lowest BCUT2D eigenvalue weighted by Crippen LogP contribution is -2.56. The Hall–Kier alpha value is -0.920. The zero-order chi connectivity index (χ0) is 15.9. The third-order valence-electron chi connectivity index (χ3n) is 4.31. The maximum Gasteiger partial charge on any atom is 0.327 e. The van der Waals surface area contributed by atoms with Crippen molar-refractivity contribution in [1.29, 1.82) is 0 Å². The van der Waals surface area contributed by atoms with Crippen LogP contribution in [0.4, 0.5) is 4.39 Å². The standard InChI is InChI=1S/C14H22FNO5.ClH/c1-6(2)5-20-7(3)21-12(17)10-8-4-9(15)14(16,11(8)10)13(18)19;/h6-11H,4-5,16H2,1-3H3,(H,18,19);1H/t7?,8?,9-,10-,11+,14-;/m0./s1. The molecule has 6 atom stereocenters. The molecule has 3 N–H and O–H groups in total. The van der Waals surface area contributed by atoms with Crippen molar-refractivity contribution in [3.05, 3.63) is 0 Å². The molecule has 2 fully saturated rings. The predicted molar refractivity (Wildman–Crippen MR) is 78.1 cm³/mol. The second-order valence-corrected chi connectivity index (χ2v) is 6.39. The van der Waals surface area contributed by atoms with Crippen LogP contribution in [-0.4, -0.2) is 41.7 Å². The predicted octanol–water partition coefficient (Wildman–Crippen LogP) is 1.36. The SMILES string of the molecule is CC(C)COC(C)OC(=O)[C@H]1C2C[C@H](F)[C@@](N)(C(=O)O)[C@H]21.Cl. The number of fused-ring (bicyclic) bond motifs is 1. The van der Waals surface area contributed by atoms with Gasteiger partial charge < -0.3 is 20.3 Å². The summed E-state index contributed by atoms with van der Waals surface area (Å²) < 4.78 is 24.2. The molecule has 0 heterocycles. The normalized spacial score (nSPS) is 37.2. The molecule has 0 amide bonds. The number of halogens is 2. The number of rotatable bonds is 6. The maximum atomic E-state index is 13.7. The van der Waals surface area contributed by atoms with Crippen molar-refractivity contribution in [3.63, 3.8) is 0 Å². The molecule has 0 bridgehead atoms. The molecular weight excluding hydrogens is 317 g/mol. The second-order valence-electron chi connectivity index (χ2n) is 6.39. The highest BCUT2D eigenvalue weighted by molar-refractivity contribution is 5.86. The summed E-state index contributed by atoms with van der Waals surface area (Å²) in [5.41, 5.74) is 3.70. The van der Waals surface area contributed by atoms with Crippen LogP contribution in [0.25, 0.3) is 0 Å². The van der Waals surface area contributed by atoms with Crippen molar-refractivity contribution < 1.29 is 28.6 Å². The van der Waals surface area contributed by atoms with Crippen LogP contribution >= 0.6 is 12.4 Å². The summed E-state index contributed by atoms with van der Waals surface area (Å²) in [6.07, 6.45) is -2.34. The molecule has 0 aromatic rings. The fourth-order valence-corrected chi connectivity index (χ4v) is 3.16. The van der Waals surface area contributed by atoms with Gasteiger partial charge in [0.15, 0.2) is 6.29 Å². The Bertz CT molecular complexity index is 449. The van der Waals surface area contributed by atoms with Crippen LogP contribution in [0.1, 0.15) is 27.2 Å². The van der Waals surface area contributed by atoms with Crippen LogP contribution in [0.3, 0.4) is 0 Å². The van der Waals surface area contributed by atoms with Crippen LogP contribution in [-0.2, 0) is 19.1 Å². The fraction of sp³-hybridized carbons (Fsp3) is 0.857. The van der Waals surface area contributed by atoms with Crippen molar-refractivity contribution in [3.8, 4) is 0 Å². The van der Waals surface area contributed by atoms with Gasteiger partial charge in [-0.2, -0.15) is 0 Å². The minimum Gasteiger partial charge on any atom is -0.480 e. The van der Waals surface area contributed by atoms with Gasteiger partial charge in [-0.3, -0.25) is 9.59 Å².